The summed E-state index contributed by atoms with van der Waals surface area (Å²) in [6.07, 6.45) is 8.15. The lowest BCUT2D eigenvalue weighted by atomic mass is 10.1. The lowest BCUT2D eigenvalue weighted by Gasteiger charge is -2.13. The standard InChI is InChI=1S/C17H19N3O/c1-14(11-17-3-2-10-21-17)19-12-15-4-6-16(7-5-15)20-9-8-18-13-20/h2-10,13-14,19H,11-12H2,1H3. The van der Waals surface area contributed by atoms with Gasteiger partial charge in [0.15, 0.2) is 0 Å². The lowest BCUT2D eigenvalue weighted by molar-refractivity contribution is 0.456. The Kier molecular flexibility index (Phi) is 4.17. The molecule has 0 saturated heterocycles. The smallest absolute Gasteiger partial charge is 0.105 e. The fraction of sp³-hybridized carbons (Fsp3) is 0.235. The molecule has 0 aliphatic heterocycles. The molecule has 0 aliphatic rings. The minimum atomic E-state index is 0.379. The average Bonchev–Trinajstić information content (AvgIpc) is 3.19. The molecule has 1 aromatic carbocycles. The van der Waals surface area contributed by atoms with E-state index in [4.69, 9.17) is 4.42 Å². The number of hydrogen-bond donors (Lipinski definition) is 1. The van der Waals surface area contributed by atoms with E-state index >= 15 is 0 Å². The van der Waals surface area contributed by atoms with Crippen LogP contribution >= 0.6 is 0 Å². The van der Waals surface area contributed by atoms with Crippen LogP contribution in [0.25, 0.3) is 5.69 Å². The van der Waals surface area contributed by atoms with E-state index in [0.29, 0.717) is 6.04 Å². The summed E-state index contributed by atoms with van der Waals surface area (Å²) < 4.78 is 7.36. The van der Waals surface area contributed by atoms with Gasteiger partial charge in [-0.1, -0.05) is 12.1 Å². The van der Waals surface area contributed by atoms with Gasteiger partial charge in [-0.05, 0) is 36.8 Å². The molecule has 0 bridgehead atoms. The van der Waals surface area contributed by atoms with Crippen molar-refractivity contribution in [3.05, 3.63) is 72.7 Å². The topological polar surface area (TPSA) is 43.0 Å². The van der Waals surface area contributed by atoms with Crippen LogP contribution < -0.4 is 5.32 Å². The minimum absolute atomic E-state index is 0.379. The second-order valence-electron chi connectivity index (χ2n) is 5.20. The first-order valence-corrected chi connectivity index (χ1v) is 7.14. The van der Waals surface area contributed by atoms with Crippen LogP contribution in [0.3, 0.4) is 0 Å². The van der Waals surface area contributed by atoms with E-state index in [1.165, 1.54) is 5.56 Å². The third-order valence-corrected chi connectivity index (χ3v) is 3.48. The van der Waals surface area contributed by atoms with Crippen LogP contribution in [0.2, 0.25) is 0 Å². The van der Waals surface area contributed by atoms with Gasteiger partial charge >= 0.3 is 0 Å². The highest BCUT2D eigenvalue weighted by molar-refractivity contribution is 5.34. The summed E-state index contributed by atoms with van der Waals surface area (Å²) in [4.78, 5) is 4.06. The quantitative estimate of drug-likeness (QED) is 0.754. The van der Waals surface area contributed by atoms with Crippen molar-refractivity contribution < 1.29 is 4.42 Å². The summed E-state index contributed by atoms with van der Waals surface area (Å²) in [7, 11) is 0. The van der Waals surface area contributed by atoms with E-state index in [1.807, 2.05) is 22.9 Å². The Morgan fingerprint density at radius 2 is 2.10 bits per heavy atom. The van der Waals surface area contributed by atoms with E-state index in [1.54, 1.807) is 18.8 Å². The Morgan fingerprint density at radius 3 is 2.76 bits per heavy atom. The first kappa shape index (κ1) is 13.6. The van der Waals surface area contributed by atoms with Gasteiger partial charge in [-0.15, -0.1) is 0 Å². The highest BCUT2D eigenvalue weighted by Gasteiger charge is 2.05. The second-order valence-corrected chi connectivity index (χ2v) is 5.20. The van der Waals surface area contributed by atoms with Gasteiger partial charge in [0.2, 0.25) is 0 Å². The van der Waals surface area contributed by atoms with Crippen LogP contribution in [0.5, 0.6) is 0 Å². The van der Waals surface area contributed by atoms with E-state index in [-0.39, 0.29) is 0 Å². The molecule has 2 heterocycles. The van der Waals surface area contributed by atoms with E-state index in [0.717, 1.165) is 24.4 Å². The molecular formula is C17H19N3O. The van der Waals surface area contributed by atoms with E-state index in [2.05, 4.69) is 41.5 Å². The molecule has 1 N–H and O–H groups in total. The Hall–Kier alpha value is -2.33. The van der Waals surface area contributed by atoms with Gasteiger partial charge in [-0.3, -0.25) is 0 Å². The van der Waals surface area contributed by atoms with Crippen molar-refractivity contribution in [2.24, 2.45) is 0 Å². The van der Waals surface area contributed by atoms with Crippen molar-refractivity contribution in [1.29, 1.82) is 0 Å². The number of benzene rings is 1. The number of nitrogens with zero attached hydrogens (tertiary/aromatic N) is 2. The molecule has 4 nitrogen and oxygen atoms in total. The van der Waals surface area contributed by atoms with Gasteiger partial charge in [0, 0.05) is 37.1 Å². The van der Waals surface area contributed by atoms with Gasteiger partial charge < -0.3 is 14.3 Å². The van der Waals surface area contributed by atoms with Gasteiger partial charge in [0.25, 0.3) is 0 Å². The third kappa shape index (κ3) is 3.61. The first-order chi connectivity index (χ1) is 10.3. The molecule has 4 heteroatoms. The summed E-state index contributed by atoms with van der Waals surface area (Å²) in [5.74, 6) is 1.02. The SMILES string of the molecule is CC(Cc1ccco1)NCc1ccc(-n2ccnc2)cc1. The first-order valence-electron chi connectivity index (χ1n) is 7.14. The molecule has 108 valence electrons. The van der Waals surface area contributed by atoms with Gasteiger partial charge in [0.05, 0.1) is 12.6 Å². The largest absolute Gasteiger partial charge is 0.469 e. The Bertz CT molecular complexity index is 642. The van der Waals surface area contributed by atoms with Crippen molar-refractivity contribution in [3.63, 3.8) is 0 Å². The van der Waals surface area contributed by atoms with Crippen LogP contribution in [0.15, 0.2) is 65.8 Å². The summed E-state index contributed by atoms with van der Waals surface area (Å²) in [6.45, 7) is 3.02. The fourth-order valence-corrected chi connectivity index (χ4v) is 2.29. The molecule has 3 rings (SSSR count). The van der Waals surface area contributed by atoms with E-state index in [9.17, 15) is 0 Å². The number of furan rings is 1. The maximum Gasteiger partial charge on any atom is 0.105 e. The lowest BCUT2D eigenvalue weighted by Crippen LogP contribution is -2.27. The van der Waals surface area contributed by atoms with Gasteiger partial charge in [0.1, 0.15) is 5.76 Å². The van der Waals surface area contributed by atoms with Crippen molar-refractivity contribution in [1.82, 2.24) is 14.9 Å². The molecule has 0 spiro atoms. The normalized spacial score (nSPS) is 12.4. The second kappa shape index (κ2) is 6.41. The van der Waals surface area contributed by atoms with E-state index < -0.39 is 0 Å². The van der Waals surface area contributed by atoms with Crippen molar-refractivity contribution in [2.75, 3.05) is 0 Å². The molecule has 1 atom stereocenters. The maximum atomic E-state index is 5.36. The van der Waals surface area contributed by atoms with Crippen LogP contribution in [0.1, 0.15) is 18.2 Å². The minimum Gasteiger partial charge on any atom is -0.469 e. The molecule has 2 aromatic heterocycles. The zero-order chi connectivity index (χ0) is 14.5. The predicted molar refractivity (Wildman–Crippen MR) is 82.3 cm³/mol. The highest BCUT2D eigenvalue weighted by atomic mass is 16.3. The van der Waals surface area contributed by atoms with Crippen molar-refractivity contribution in [3.8, 4) is 5.69 Å². The molecule has 0 radical (unpaired) electrons. The van der Waals surface area contributed by atoms with Gasteiger partial charge in [-0.2, -0.15) is 0 Å². The summed E-state index contributed by atoms with van der Waals surface area (Å²) >= 11 is 0. The number of hydrogen-bond acceptors (Lipinski definition) is 3. The Labute approximate surface area is 124 Å². The fourth-order valence-electron chi connectivity index (χ4n) is 2.29. The zero-order valence-corrected chi connectivity index (χ0v) is 12.1. The van der Waals surface area contributed by atoms with Crippen molar-refractivity contribution >= 4 is 0 Å². The molecule has 21 heavy (non-hydrogen) atoms. The molecule has 1 unspecified atom stereocenters. The average molecular weight is 281 g/mol. The number of rotatable bonds is 6. The molecule has 0 saturated carbocycles. The molecular weight excluding hydrogens is 262 g/mol. The summed E-state index contributed by atoms with van der Waals surface area (Å²) in [6, 6.07) is 12.8. The number of imidazole rings is 1. The van der Waals surface area contributed by atoms with Crippen molar-refractivity contribution in [2.45, 2.75) is 25.9 Å². The molecule has 3 aromatic rings. The van der Waals surface area contributed by atoms with Crippen LogP contribution in [-0.4, -0.2) is 15.6 Å². The molecule has 0 fully saturated rings. The highest BCUT2D eigenvalue weighted by Crippen LogP contribution is 2.10. The van der Waals surface area contributed by atoms with Crippen LogP contribution in [-0.2, 0) is 13.0 Å². The van der Waals surface area contributed by atoms with Gasteiger partial charge in [-0.25, -0.2) is 4.98 Å². The predicted octanol–water partition coefficient (Wildman–Crippen LogP) is 3.19. The maximum absolute atomic E-state index is 5.36. The molecule has 0 aliphatic carbocycles. The third-order valence-electron chi connectivity index (χ3n) is 3.48. The summed E-state index contributed by atoms with van der Waals surface area (Å²) in [5, 5.41) is 3.51. The Balaban J connectivity index is 1.53. The molecule has 0 amide bonds. The Morgan fingerprint density at radius 1 is 1.24 bits per heavy atom. The zero-order valence-electron chi connectivity index (χ0n) is 12.1. The summed E-state index contributed by atoms with van der Waals surface area (Å²) in [5.41, 5.74) is 2.39. The monoisotopic (exact) mass is 281 g/mol. The number of aromatic nitrogens is 2. The van der Waals surface area contributed by atoms with Crippen LogP contribution in [0.4, 0.5) is 0 Å². The number of nitrogens with one attached hydrogen (secondary N) is 1. The van der Waals surface area contributed by atoms with Crippen LogP contribution in [0, 0.1) is 0 Å².